The lowest BCUT2D eigenvalue weighted by Gasteiger charge is -2.36. The van der Waals surface area contributed by atoms with Gasteiger partial charge in [-0.3, -0.25) is 0 Å². The molecule has 1 aliphatic heterocycles. The van der Waals surface area contributed by atoms with Gasteiger partial charge in [-0.1, -0.05) is 77.0 Å². The topological polar surface area (TPSA) is 83.3 Å². The van der Waals surface area contributed by atoms with Crippen LogP contribution in [0.25, 0.3) is 11.0 Å². The van der Waals surface area contributed by atoms with Gasteiger partial charge in [-0.2, -0.15) is 0 Å². The standard InChI is InChI=1S/C25H25N3O4S/c29-33(30,28-26-23-13-7-8-14-24(23)27-28)18-22-17-21(16-15-19-9-3-1-4-10-19)31-25(32-22)20-11-5-2-6-12-20/h1-14,21-22,25H,15-18H2/t21-,22-,25-/m1/s1. The van der Waals surface area contributed by atoms with Gasteiger partial charge in [0.2, 0.25) is 0 Å². The predicted octanol–water partition coefficient (Wildman–Crippen LogP) is 4.11. The summed E-state index contributed by atoms with van der Waals surface area (Å²) in [6.45, 7) is 0. The molecule has 1 aliphatic rings. The van der Waals surface area contributed by atoms with Crippen molar-refractivity contribution in [2.75, 3.05) is 5.75 Å². The highest BCUT2D eigenvalue weighted by Gasteiger charge is 2.34. The van der Waals surface area contributed by atoms with Crippen LogP contribution < -0.4 is 0 Å². The molecule has 1 saturated heterocycles. The third-order valence-corrected chi connectivity index (χ3v) is 7.19. The first-order valence-electron chi connectivity index (χ1n) is 11.0. The van der Waals surface area contributed by atoms with Crippen molar-refractivity contribution in [3.8, 4) is 0 Å². The Kier molecular flexibility index (Phi) is 6.22. The van der Waals surface area contributed by atoms with Gasteiger partial charge < -0.3 is 9.47 Å². The molecule has 0 saturated carbocycles. The third kappa shape index (κ3) is 5.13. The Balaban J connectivity index is 1.35. The average molecular weight is 464 g/mol. The second-order valence-electron chi connectivity index (χ2n) is 8.21. The molecule has 3 aromatic carbocycles. The van der Waals surface area contributed by atoms with E-state index in [1.165, 1.54) is 5.56 Å². The molecule has 2 heterocycles. The van der Waals surface area contributed by atoms with Gasteiger partial charge in [0.15, 0.2) is 6.29 Å². The van der Waals surface area contributed by atoms with Crippen LogP contribution in [0.15, 0.2) is 84.9 Å². The van der Waals surface area contributed by atoms with Gasteiger partial charge in [0, 0.05) is 12.0 Å². The molecule has 4 aromatic rings. The highest BCUT2D eigenvalue weighted by atomic mass is 32.2. The van der Waals surface area contributed by atoms with Gasteiger partial charge in [-0.05, 0) is 30.5 Å². The second kappa shape index (κ2) is 9.43. The number of nitrogens with zero attached hydrogens (tertiary/aromatic N) is 3. The minimum Gasteiger partial charge on any atom is -0.345 e. The first-order valence-corrected chi connectivity index (χ1v) is 12.6. The lowest BCUT2D eigenvalue weighted by atomic mass is 10.0. The van der Waals surface area contributed by atoms with Crippen molar-refractivity contribution in [3.05, 3.63) is 96.1 Å². The number of rotatable bonds is 7. The van der Waals surface area contributed by atoms with Crippen molar-refractivity contribution < 1.29 is 17.9 Å². The van der Waals surface area contributed by atoms with Crippen molar-refractivity contribution in [3.63, 3.8) is 0 Å². The normalized spacial score (nSPS) is 21.3. The van der Waals surface area contributed by atoms with Crippen molar-refractivity contribution in [2.45, 2.75) is 37.8 Å². The van der Waals surface area contributed by atoms with Crippen LogP contribution in [-0.2, 0) is 25.9 Å². The highest BCUT2D eigenvalue weighted by molar-refractivity contribution is 7.89. The second-order valence-corrected chi connectivity index (χ2v) is 10.0. The fourth-order valence-corrected chi connectivity index (χ4v) is 5.33. The Hall–Kier alpha value is -3.07. The fraction of sp³-hybridized carbons (Fsp3) is 0.280. The Morgan fingerprint density at radius 3 is 2.03 bits per heavy atom. The smallest absolute Gasteiger partial charge is 0.272 e. The van der Waals surface area contributed by atoms with Crippen molar-refractivity contribution in [1.82, 2.24) is 14.4 Å². The van der Waals surface area contributed by atoms with Crippen LogP contribution in [0, 0.1) is 0 Å². The van der Waals surface area contributed by atoms with Crippen LogP contribution in [0.1, 0.15) is 30.3 Å². The highest BCUT2D eigenvalue weighted by Crippen LogP contribution is 2.32. The molecule has 7 nitrogen and oxygen atoms in total. The summed E-state index contributed by atoms with van der Waals surface area (Å²) in [6.07, 6.45) is 0.815. The SMILES string of the molecule is O=S(=O)(C[C@H]1C[C@@H](CCc2ccccc2)O[C@@H](c2ccccc2)O1)n1nc2ccccc2n1. The number of aromatic nitrogens is 3. The Labute approximate surface area is 193 Å². The number of fused-ring (bicyclic) bond motifs is 1. The minimum absolute atomic E-state index is 0.131. The Morgan fingerprint density at radius 1 is 0.788 bits per heavy atom. The summed E-state index contributed by atoms with van der Waals surface area (Å²) in [5.74, 6) is -0.220. The molecule has 170 valence electrons. The molecule has 0 amide bonds. The maximum absolute atomic E-state index is 13.1. The summed E-state index contributed by atoms with van der Waals surface area (Å²) in [5.41, 5.74) is 3.17. The van der Waals surface area contributed by atoms with E-state index in [0.717, 1.165) is 22.6 Å². The van der Waals surface area contributed by atoms with Crippen LogP contribution in [0.3, 0.4) is 0 Å². The van der Waals surface area contributed by atoms with Crippen LogP contribution in [0.4, 0.5) is 0 Å². The quantitative estimate of drug-likeness (QED) is 0.410. The number of hydrogen-bond donors (Lipinski definition) is 0. The molecular weight excluding hydrogens is 438 g/mol. The van der Waals surface area contributed by atoms with E-state index in [4.69, 9.17) is 9.47 Å². The van der Waals surface area contributed by atoms with E-state index in [9.17, 15) is 8.42 Å². The van der Waals surface area contributed by atoms with E-state index >= 15 is 0 Å². The molecule has 0 N–H and O–H groups in total. The summed E-state index contributed by atoms with van der Waals surface area (Å²) < 4.78 is 39.4. The van der Waals surface area contributed by atoms with Crippen LogP contribution in [0.2, 0.25) is 0 Å². The van der Waals surface area contributed by atoms with Crippen LogP contribution >= 0.6 is 0 Å². The molecule has 5 rings (SSSR count). The predicted molar refractivity (Wildman–Crippen MR) is 125 cm³/mol. The monoisotopic (exact) mass is 463 g/mol. The largest absolute Gasteiger partial charge is 0.345 e. The summed E-state index contributed by atoms with van der Waals surface area (Å²) in [4.78, 5) is 0. The molecule has 1 aromatic heterocycles. The molecule has 0 radical (unpaired) electrons. The number of ether oxygens (including phenoxy) is 2. The molecule has 0 bridgehead atoms. The van der Waals surface area contributed by atoms with Gasteiger partial charge in [0.05, 0.1) is 18.0 Å². The molecule has 3 atom stereocenters. The van der Waals surface area contributed by atoms with Crippen LogP contribution in [0.5, 0.6) is 0 Å². The minimum atomic E-state index is -3.80. The zero-order chi connectivity index (χ0) is 22.7. The van der Waals surface area contributed by atoms with Crippen molar-refractivity contribution in [1.29, 1.82) is 0 Å². The van der Waals surface area contributed by atoms with E-state index in [1.54, 1.807) is 24.3 Å². The zero-order valence-electron chi connectivity index (χ0n) is 18.0. The maximum Gasteiger partial charge on any atom is 0.272 e. The van der Waals surface area contributed by atoms with Gasteiger partial charge in [-0.25, -0.2) is 8.42 Å². The van der Waals surface area contributed by atoms with Gasteiger partial charge in [0.1, 0.15) is 11.0 Å². The van der Waals surface area contributed by atoms with Gasteiger partial charge >= 0.3 is 0 Å². The molecule has 0 aliphatic carbocycles. The van der Waals surface area contributed by atoms with Crippen LogP contribution in [-0.4, -0.2) is 40.8 Å². The van der Waals surface area contributed by atoms with E-state index in [2.05, 4.69) is 22.3 Å². The maximum atomic E-state index is 13.1. The van der Waals surface area contributed by atoms with Crippen molar-refractivity contribution >= 4 is 21.1 Å². The number of hydrogen-bond acceptors (Lipinski definition) is 6. The lowest BCUT2D eigenvalue weighted by molar-refractivity contribution is -0.243. The number of benzene rings is 3. The Morgan fingerprint density at radius 2 is 1.36 bits per heavy atom. The molecule has 8 heteroatoms. The summed E-state index contributed by atoms with van der Waals surface area (Å²) in [6, 6.07) is 26.9. The third-order valence-electron chi connectivity index (χ3n) is 5.74. The lowest BCUT2D eigenvalue weighted by Crippen LogP contribution is -2.39. The zero-order valence-corrected chi connectivity index (χ0v) is 18.8. The van der Waals surface area contributed by atoms with E-state index in [1.807, 2.05) is 48.5 Å². The van der Waals surface area contributed by atoms with E-state index < -0.39 is 22.4 Å². The van der Waals surface area contributed by atoms with Gasteiger partial charge in [0.25, 0.3) is 10.0 Å². The Bertz CT molecular complexity index is 1280. The molecule has 0 unspecified atom stereocenters. The fourth-order valence-electron chi connectivity index (χ4n) is 4.08. The summed E-state index contributed by atoms with van der Waals surface area (Å²) >= 11 is 0. The molecule has 0 spiro atoms. The van der Waals surface area contributed by atoms with Gasteiger partial charge in [-0.15, -0.1) is 10.2 Å². The average Bonchev–Trinajstić information content (AvgIpc) is 3.29. The number of aryl methyl sites for hydroxylation is 1. The first-order chi connectivity index (χ1) is 16.1. The summed E-state index contributed by atoms with van der Waals surface area (Å²) in [7, 11) is -3.80. The van der Waals surface area contributed by atoms with E-state index in [0.29, 0.717) is 17.5 Å². The summed E-state index contributed by atoms with van der Waals surface area (Å²) in [5, 5.41) is 8.31. The molecule has 1 fully saturated rings. The van der Waals surface area contributed by atoms with Crippen molar-refractivity contribution in [2.24, 2.45) is 0 Å². The first kappa shape index (κ1) is 21.8. The van der Waals surface area contributed by atoms with E-state index in [-0.39, 0.29) is 11.9 Å². The molecular formula is C25H25N3O4S. The molecule has 33 heavy (non-hydrogen) atoms.